The number of benzene rings is 1. The lowest BCUT2D eigenvalue weighted by atomic mass is 9.85. The predicted molar refractivity (Wildman–Crippen MR) is 87.1 cm³/mol. The van der Waals surface area contributed by atoms with Crippen molar-refractivity contribution in [2.75, 3.05) is 13.1 Å². The SMILES string of the molecule is CCc1ccc(CC(O)C(C)(CC)N(CC)CC)cc1. The van der Waals surface area contributed by atoms with Crippen LogP contribution in [0.1, 0.15) is 52.2 Å². The maximum Gasteiger partial charge on any atom is 0.0761 e. The molecule has 0 heterocycles. The van der Waals surface area contributed by atoms with Gasteiger partial charge in [-0.1, -0.05) is 52.0 Å². The average Bonchev–Trinajstić information content (AvgIpc) is 2.48. The van der Waals surface area contributed by atoms with Crippen LogP contribution in [0.25, 0.3) is 0 Å². The normalized spacial score (nSPS) is 16.1. The van der Waals surface area contributed by atoms with Crippen molar-refractivity contribution in [1.29, 1.82) is 0 Å². The van der Waals surface area contributed by atoms with Crippen molar-refractivity contribution in [2.24, 2.45) is 0 Å². The van der Waals surface area contributed by atoms with Gasteiger partial charge in [-0.3, -0.25) is 4.90 Å². The van der Waals surface area contributed by atoms with Crippen molar-refractivity contribution >= 4 is 0 Å². The van der Waals surface area contributed by atoms with Gasteiger partial charge in [-0.15, -0.1) is 0 Å². The summed E-state index contributed by atoms with van der Waals surface area (Å²) in [4.78, 5) is 2.37. The molecular formula is C18H31NO. The molecule has 0 radical (unpaired) electrons. The molecule has 1 N–H and O–H groups in total. The first-order chi connectivity index (χ1) is 9.51. The van der Waals surface area contributed by atoms with Crippen LogP contribution in [0.4, 0.5) is 0 Å². The van der Waals surface area contributed by atoms with E-state index < -0.39 is 0 Å². The minimum absolute atomic E-state index is 0.146. The summed E-state index contributed by atoms with van der Waals surface area (Å²) in [6.07, 6.45) is 2.42. The van der Waals surface area contributed by atoms with Gasteiger partial charge < -0.3 is 5.11 Å². The number of aryl methyl sites for hydroxylation is 1. The van der Waals surface area contributed by atoms with Gasteiger partial charge in [0.1, 0.15) is 0 Å². The molecule has 0 fully saturated rings. The van der Waals surface area contributed by atoms with Gasteiger partial charge in [0.15, 0.2) is 0 Å². The molecule has 0 saturated heterocycles. The summed E-state index contributed by atoms with van der Waals surface area (Å²) in [7, 11) is 0. The molecule has 2 atom stereocenters. The zero-order chi connectivity index (χ0) is 15.2. The summed E-state index contributed by atoms with van der Waals surface area (Å²) in [6.45, 7) is 12.8. The third-order valence-electron chi connectivity index (χ3n) is 4.78. The van der Waals surface area contributed by atoms with Crippen LogP contribution in [-0.2, 0) is 12.8 Å². The zero-order valence-corrected chi connectivity index (χ0v) is 13.8. The lowest BCUT2D eigenvalue weighted by Gasteiger charge is -2.43. The van der Waals surface area contributed by atoms with E-state index in [-0.39, 0.29) is 11.6 Å². The summed E-state index contributed by atoms with van der Waals surface area (Å²) in [5.74, 6) is 0. The van der Waals surface area contributed by atoms with Crippen LogP contribution in [0.3, 0.4) is 0 Å². The van der Waals surface area contributed by atoms with E-state index in [0.717, 1.165) is 32.4 Å². The number of likely N-dealkylation sites (N-methyl/N-ethyl adjacent to an activating group) is 1. The van der Waals surface area contributed by atoms with E-state index in [4.69, 9.17) is 0 Å². The summed E-state index contributed by atoms with van der Waals surface area (Å²) < 4.78 is 0. The maximum absolute atomic E-state index is 10.7. The maximum atomic E-state index is 10.7. The standard InChI is InChI=1S/C18H31NO/c1-6-15-10-12-16(13-11-15)14-17(20)18(5,7-2)19(8-3)9-4/h10-13,17,20H,6-9,14H2,1-5H3. The van der Waals surface area contributed by atoms with Crippen LogP contribution >= 0.6 is 0 Å². The molecular weight excluding hydrogens is 246 g/mol. The van der Waals surface area contributed by atoms with E-state index in [1.165, 1.54) is 11.1 Å². The van der Waals surface area contributed by atoms with Crippen LogP contribution in [-0.4, -0.2) is 34.7 Å². The van der Waals surface area contributed by atoms with Crippen LogP contribution in [0.15, 0.2) is 24.3 Å². The second kappa shape index (κ2) is 7.80. The number of nitrogens with zero attached hydrogens (tertiary/aromatic N) is 1. The van der Waals surface area contributed by atoms with Gasteiger partial charge in [0.2, 0.25) is 0 Å². The second-order valence-corrected chi connectivity index (χ2v) is 5.77. The lowest BCUT2D eigenvalue weighted by molar-refractivity contribution is -0.0190. The quantitative estimate of drug-likeness (QED) is 0.784. The Morgan fingerprint density at radius 2 is 1.50 bits per heavy atom. The van der Waals surface area contributed by atoms with Gasteiger partial charge >= 0.3 is 0 Å². The number of aliphatic hydroxyl groups is 1. The van der Waals surface area contributed by atoms with E-state index in [1.807, 2.05) is 0 Å². The fourth-order valence-corrected chi connectivity index (χ4v) is 2.97. The molecule has 1 aromatic rings. The fourth-order valence-electron chi connectivity index (χ4n) is 2.97. The summed E-state index contributed by atoms with van der Waals surface area (Å²) >= 11 is 0. The number of hydrogen-bond acceptors (Lipinski definition) is 2. The van der Waals surface area contributed by atoms with E-state index in [9.17, 15) is 5.11 Å². The van der Waals surface area contributed by atoms with Gasteiger partial charge in [-0.05, 0) is 44.0 Å². The van der Waals surface area contributed by atoms with E-state index in [1.54, 1.807) is 0 Å². The Balaban J connectivity index is 2.82. The molecule has 2 heteroatoms. The zero-order valence-electron chi connectivity index (χ0n) is 13.8. The molecule has 114 valence electrons. The fraction of sp³-hybridized carbons (Fsp3) is 0.667. The Labute approximate surface area is 124 Å². The highest BCUT2D eigenvalue weighted by Gasteiger charge is 2.35. The van der Waals surface area contributed by atoms with Crippen molar-refractivity contribution in [3.63, 3.8) is 0 Å². The monoisotopic (exact) mass is 277 g/mol. The van der Waals surface area contributed by atoms with Gasteiger partial charge in [-0.25, -0.2) is 0 Å². The third-order valence-corrected chi connectivity index (χ3v) is 4.78. The van der Waals surface area contributed by atoms with Crippen LogP contribution in [0.5, 0.6) is 0 Å². The number of rotatable bonds is 8. The molecule has 1 rings (SSSR count). The molecule has 0 aliphatic heterocycles. The third kappa shape index (κ3) is 3.83. The summed E-state index contributed by atoms with van der Waals surface area (Å²) in [6, 6.07) is 8.65. The number of aliphatic hydroxyl groups excluding tert-OH is 1. The highest BCUT2D eigenvalue weighted by molar-refractivity contribution is 5.23. The van der Waals surface area contributed by atoms with Crippen molar-refractivity contribution in [3.8, 4) is 0 Å². The van der Waals surface area contributed by atoms with Gasteiger partial charge in [0, 0.05) is 12.0 Å². The Morgan fingerprint density at radius 1 is 1.00 bits per heavy atom. The first-order valence-corrected chi connectivity index (χ1v) is 8.02. The molecule has 2 unspecified atom stereocenters. The molecule has 2 nitrogen and oxygen atoms in total. The first kappa shape index (κ1) is 17.2. The van der Waals surface area contributed by atoms with E-state index in [2.05, 4.69) is 63.8 Å². The molecule has 0 aliphatic rings. The van der Waals surface area contributed by atoms with Crippen molar-refractivity contribution < 1.29 is 5.11 Å². The summed E-state index contributed by atoms with van der Waals surface area (Å²) in [5, 5.41) is 10.7. The topological polar surface area (TPSA) is 23.5 Å². The minimum Gasteiger partial charge on any atom is -0.391 e. The highest BCUT2D eigenvalue weighted by Crippen LogP contribution is 2.26. The van der Waals surface area contributed by atoms with Crippen LogP contribution < -0.4 is 0 Å². The van der Waals surface area contributed by atoms with Crippen LogP contribution in [0, 0.1) is 0 Å². The van der Waals surface area contributed by atoms with Crippen molar-refractivity contribution in [2.45, 2.75) is 65.5 Å². The molecule has 0 amide bonds. The smallest absolute Gasteiger partial charge is 0.0761 e. The van der Waals surface area contributed by atoms with Crippen molar-refractivity contribution in [1.82, 2.24) is 4.90 Å². The van der Waals surface area contributed by atoms with Crippen molar-refractivity contribution in [3.05, 3.63) is 35.4 Å². The molecule has 0 aliphatic carbocycles. The largest absolute Gasteiger partial charge is 0.391 e. The molecule has 0 bridgehead atoms. The molecule has 1 aromatic carbocycles. The average molecular weight is 277 g/mol. The predicted octanol–water partition coefficient (Wildman–Crippen LogP) is 3.66. The lowest BCUT2D eigenvalue weighted by Crippen LogP contribution is -2.54. The van der Waals surface area contributed by atoms with Gasteiger partial charge in [0.05, 0.1) is 6.10 Å². The Morgan fingerprint density at radius 3 is 1.90 bits per heavy atom. The second-order valence-electron chi connectivity index (χ2n) is 5.77. The molecule has 0 spiro atoms. The highest BCUT2D eigenvalue weighted by atomic mass is 16.3. The molecule has 0 saturated carbocycles. The van der Waals surface area contributed by atoms with E-state index >= 15 is 0 Å². The van der Waals surface area contributed by atoms with Crippen LogP contribution in [0.2, 0.25) is 0 Å². The van der Waals surface area contributed by atoms with Gasteiger partial charge in [0.25, 0.3) is 0 Å². The first-order valence-electron chi connectivity index (χ1n) is 8.02. The Bertz CT molecular complexity index is 383. The molecule has 0 aromatic heterocycles. The van der Waals surface area contributed by atoms with Gasteiger partial charge in [-0.2, -0.15) is 0 Å². The number of hydrogen-bond donors (Lipinski definition) is 1. The minimum atomic E-state index is -0.333. The van der Waals surface area contributed by atoms with E-state index in [0.29, 0.717) is 0 Å². The Hall–Kier alpha value is -0.860. The summed E-state index contributed by atoms with van der Waals surface area (Å²) in [5.41, 5.74) is 2.43. The molecule has 20 heavy (non-hydrogen) atoms. The Kier molecular flexibility index (Phi) is 6.70.